The lowest BCUT2D eigenvalue weighted by molar-refractivity contribution is 0.350. The number of nitriles is 1. The Bertz CT molecular complexity index is 125. The van der Waals surface area contributed by atoms with Gasteiger partial charge in [0.05, 0.1) is 12.1 Å². The van der Waals surface area contributed by atoms with E-state index in [1.54, 1.807) is 0 Å². The van der Waals surface area contributed by atoms with Crippen molar-refractivity contribution in [1.82, 2.24) is 5.32 Å². The Labute approximate surface area is 55.9 Å². The van der Waals surface area contributed by atoms with Crippen molar-refractivity contribution >= 4 is 0 Å². The minimum atomic E-state index is 0.110. The molecule has 50 valence electrons. The highest BCUT2D eigenvalue weighted by Crippen LogP contribution is 2.13. The summed E-state index contributed by atoms with van der Waals surface area (Å²) in [4.78, 5) is 0. The highest BCUT2D eigenvalue weighted by molar-refractivity contribution is 4.95. The Morgan fingerprint density at radius 3 is 2.89 bits per heavy atom. The molecule has 0 saturated carbocycles. The molecule has 0 aromatic heterocycles. The Kier molecular flexibility index (Phi) is 2.07. The molecule has 2 unspecified atom stereocenters. The molecule has 2 heteroatoms. The number of rotatable bonds is 0. The molecule has 1 N–H and O–H groups in total. The minimum Gasteiger partial charge on any atom is -0.302 e. The Balaban J connectivity index is 2.41. The molecule has 0 radical (unpaired) electrons. The number of nitrogens with zero attached hydrogens (tertiary/aromatic N) is 1. The monoisotopic (exact) mass is 124 g/mol. The van der Waals surface area contributed by atoms with E-state index in [4.69, 9.17) is 5.26 Å². The van der Waals surface area contributed by atoms with Crippen LogP contribution in [0.3, 0.4) is 0 Å². The van der Waals surface area contributed by atoms with Crippen LogP contribution in [-0.4, -0.2) is 12.6 Å². The van der Waals surface area contributed by atoms with Crippen molar-refractivity contribution in [2.45, 2.75) is 25.8 Å². The van der Waals surface area contributed by atoms with Crippen LogP contribution in [0.4, 0.5) is 0 Å². The van der Waals surface area contributed by atoms with Crippen LogP contribution in [0.15, 0.2) is 0 Å². The first-order valence-corrected chi connectivity index (χ1v) is 3.47. The smallest absolute Gasteiger partial charge is 0.0978 e. The van der Waals surface area contributed by atoms with Crippen molar-refractivity contribution in [3.63, 3.8) is 0 Å². The number of hydrogen-bond donors (Lipinski definition) is 1. The lowest BCUT2D eigenvalue weighted by Gasteiger charge is -2.23. The highest BCUT2D eigenvalue weighted by Gasteiger charge is 2.18. The van der Waals surface area contributed by atoms with Crippen molar-refractivity contribution in [3.8, 4) is 6.07 Å². The fraction of sp³-hybridized carbons (Fsp3) is 0.857. The van der Waals surface area contributed by atoms with Gasteiger partial charge in [-0.2, -0.15) is 5.26 Å². The van der Waals surface area contributed by atoms with Crippen LogP contribution in [0.1, 0.15) is 19.8 Å². The van der Waals surface area contributed by atoms with Gasteiger partial charge in [-0.15, -0.1) is 0 Å². The van der Waals surface area contributed by atoms with Crippen molar-refractivity contribution in [2.75, 3.05) is 6.54 Å². The summed E-state index contributed by atoms with van der Waals surface area (Å²) < 4.78 is 0. The molecule has 1 aliphatic heterocycles. The van der Waals surface area contributed by atoms with Gasteiger partial charge in [-0.05, 0) is 25.3 Å². The molecular formula is C7H12N2. The SMILES string of the molecule is CC1CCCNC1C#N. The van der Waals surface area contributed by atoms with Crippen molar-refractivity contribution in [3.05, 3.63) is 0 Å². The lowest BCUT2D eigenvalue weighted by Crippen LogP contribution is -2.38. The van der Waals surface area contributed by atoms with E-state index in [-0.39, 0.29) is 6.04 Å². The zero-order valence-corrected chi connectivity index (χ0v) is 5.72. The summed E-state index contributed by atoms with van der Waals surface area (Å²) in [6.07, 6.45) is 2.42. The molecule has 0 aromatic rings. The number of hydrogen-bond acceptors (Lipinski definition) is 2. The average Bonchev–Trinajstić information content (AvgIpc) is 1.89. The predicted octanol–water partition coefficient (Wildman–Crippen LogP) is 0.898. The van der Waals surface area contributed by atoms with E-state index in [2.05, 4.69) is 18.3 Å². The average molecular weight is 124 g/mol. The molecule has 0 aliphatic carbocycles. The Hall–Kier alpha value is -0.550. The molecule has 2 atom stereocenters. The summed E-state index contributed by atoms with van der Waals surface area (Å²) in [5, 5.41) is 11.7. The maximum atomic E-state index is 8.55. The predicted molar refractivity (Wildman–Crippen MR) is 35.8 cm³/mol. The fourth-order valence-corrected chi connectivity index (χ4v) is 1.22. The fourth-order valence-electron chi connectivity index (χ4n) is 1.22. The zero-order valence-electron chi connectivity index (χ0n) is 5.72. The molecule has 0 spiro atoms. The molecule has 1 aliphatic rings. The second-order valence-corrected chi connectivity index (χ2v) is 2.68. The normalized spacial score (nSPS) is 35.6. The van der Waals surface area contributed by atoms with E-state index in [0.29, 0.717) is 5.92 Å². The maximum Gasteiger partial charge on any atom is 0.0978 e. The number of nitrogens with one attached hydrogen (secondary N) is 1. The number of piperidine rings is 1. The quantitative estimate of drug-likeness (QED) is 0.520. The first kappa shape index (κ1) is 6.57. The third-order valence-corrected chi connectivity index (χ3v) is 1.91. The Morgan fingerprint density at radius 1 is 1.67 bits per heavy atom. The molecular weight excluding hydrogens is 112 g/mol. The summed E-state index contributed by atoms with van der Waals surface area (Å²) in [6.45, 7) is 3.14. The second-order valence-electron chi connectivity index (χ2n) is 2.68. The molecule has 1 saturated heterocycles. The molecule has 0 bridgehead atoms. The van der Waals surface area contributed by atoms with Gasteiger partial charge in [-0.3, -0.25) is 0 Å². The summed E-state index contributed by atoms with van der Waals surface area (Å²) in [5.41, 5.74) is 0. The van der Waals surface area contributed by atoms with Crippen LogP contribution in [0.2, 0.25) is 0 Å². The van der Waals surface area contributed by atoms with E-state index in [0.717, 1.165) is 6.54 Å². The topological polar surface area (TPSA) is 35.8 Å². The van der Waals surface area contributed by atoms with Crippen molar-refractivity contribution in [1.29, 1.82) is 5.26 Å². The van der Waals surface area contributed by atoms with Crippen LogP contribution in [0, 0.1) is 17.2 Å². The van der Waals surface area contributed by atoms with E-state index < -0.39 is 0 Å². The van der Waals surface area contributed by atoms with Gasteiger partial charge in [-0.1, -0.05) is 6.92 Å². The van der Waals surface area contributed by atoms with Gasteiger partial charge < -0.3 is 5.32 Å². The largest absolute Gasteiger partial charge is 0.302 e. The van der Waals surface area contributed by atoms with Crippen molar-refractivity contribution < 1.29 is 0 Å². The van der Waals surface area contributed by atoms with Gasteiger partial charge in [0.1, 0.15) is 0 Å². The summed E-state index contributed by atoms with van der Waals surface area (Å²) in [5.74, 6) is 0.545. The van der Waals surface area contributed by atoms with E-state index in [9.17, 15) is 0 Å². The van der Waals surface area contributed by atoms with E-state index >= 15 is 0 Å². The minimum absolute atomic E-state index is 0.110. The molecule has 2 nitrogen and oxygen atoms in total. The van der Waals surface area contributed by atoms with Gasteiger partial charge in [0.15, 0.2) is 0 Å². The first-order valence-electron chi connectivity index (χ1n) is 3.47. The van der Waals surface area contributed by atoms with Crippen LogP contribution in [-0.2, 0) is 0 Å². The van der Waals surface area contributed by atoms with Gasteiger partial charge in [0, 0.05) is 0 Å². The Morgan fingerprint density at radius 2 is 2.44 bits per heavy atom. The van der Waals surface area contributed by atoms with Crippen LogP contribution in [0.25, 0.3) is 0 Å². The van der Waals surface area contributed by atoms with Gasteiger partial charge in [0.25, 0.3) is 0 Å². The van der Waals surface area contributed by atoms with Crippen LogP contribution >= 0.6 is 0 Å². The van der Waals surface area contributed by atoms with Crippen LogP contribution < -0.4 is 5.32 Å². The molecule has 9 heavy (non-hydrogen) atoms. The molecule has 1 heterocycles. The van der Waals surface area contributed by atoms with E-state index in [1.165, 1.54) is 12.8 Å². The second kappa shape index (κ2) is 2.84. The molecule has 1 fully saturated rings. The lowest BCUT2D eigenvalue weighted by atomic mass is 9.94. The summed E-state index contributed by atoms with van der Waals surface area (Å²) in [7, 11) is 0. The molecule has 0 amide bonds. The van der Waals surface area contributed by atoms with E-state index in [1.807, 2.05) is 0 Å². The van der Waals surface area contributed by atoms with Crippen LogP contribution in [0.5, 0.6) is 0 Å². The third-order valence-electron chi connectivity index (χ3n) is 1.91. The molecule has 1 rings (SSSR count). The first-order chi connectivity index (χ1) is 4.34. The van der Waals surface area contributed by atoms with Gasteiger partial charge in [-0.25, -0.2) is 0 Å². The molecule has 0 aromatic carbocycles. The summed E-state index contributed by atoms with van der Waals surface area (Å²) in [6, 6.07) is 2.35. The van der Waals surface area contributed by atoms with Gasteiger partial charge >= 0.3 is 0 Å². The standard InChI is InChI=1S/C7H12N2/c1-6-3-2-4-9-7(6)5-8/h6-7,9H,2-4H2,1H3. The van der Waals surface area contributed by atoms with Crippen molar-refractivity contribution in [2.24, 2.45) is 5.92 Å². The third kappa shape index (κ3) is 1.43. The summed E-state index contributed by atoms with van der Waals surface area (Å²) >= 11 is 0. The zero-order chi connectivity index (χ0) is 6.69. The van der Waals surface area contributed by atoms with Gasteiger partial charge in [0.2, 0.25) is 0 Å². The highest BCUT2D eigenvalue weighted by atomic mass is 14.9. The maximum absolute atomic E-state index is 8.55.